The van der Waals surface area contributed by atoms with Crippen molar-refractivity contribution in [2.45, 2.75) is 13.0 Å². The van der Waals surface area contributed by atoms with Gasteiger partial charge in [-0.25, -0.2) is 0 Å². The molecule has 1 heterocycles. The third kappa shape index (κ3) is 5.26. The maximum Gasteiger partial charge on any atom is 0.258 e. The summed E-state index contributed by atoms with van der Waals surface area (Å²) < 4.78 is 16.4. The van der Waals surface area contributed by atoms with Crippen LogP contribution < -0.4 is 14.8 Å². The lowest BCUT2D eigenvalue weighted by molar-refractivity contribution is -0.123. The van der Waals surface area contributed by atoms with Gasteiger partial charge in [0.25, 0.3) is 5.91 Å². The fraction of sp³-hybridized carbons (Fsp3) is 0.368. The number of hydrogen-bond acceptors (Lipinski definition) is 6. The molecule has 1 atom stereocenters. The molecule has 1 aromatic heterocycles. The highest BCUT2D eigenvalue weighted by atomic mass is 16.5. The highest BCUT2D eigenvalue weighted by Crippen LogP contribution is 2.28. The molecule has 1 unspecified atom stereocenters. The second kappa shape index (κ2) is 9.49. The number of likely N-dealkylation sites (N-methyl/N-ethyl adjacent to an activating group) is 1. The van der Waals surface area contributed by atoms with Crippen molar-refractivity contribution < 1.29 is 18.7 Å². The molecule has 1 N–H and O–H groups in total. The van der Waals surface area contributed by atoms with Crippen molar-refractivity contribution in [1.29, 1.82) is 5.26 Å². The fourth-order valence-corrected chi connectivity index (χ4v) is 2.39. The minimum Gasteiger partial charge on any atom is -0.490 e. The molecule has 0 aliphatic rings. The van der Waals surface area contributed by atoms with E-state index in [-0.39, 0.29) is 18.6 Å². The first-order chi connectivity index (χ1) is 12.5. The molecular weight excluding hydrogens is 334 g/mol. The van der Waals surface area contributed by atoms with E-state index in [0.29, 0.717) is 30.2 Å². The average molecular weight is 357 g/mol. The topological polar surface area (TPSA) is 87.7 Å². The van der Waals surface area contributed by atoms with E-state index in [0.717, 1.165) is 5.76 Å². The Morgan fingerprint density at radius 3 is 2.73 bits per heavy atom. The minimum atomic E-state index is -0.254. The molecule has 0 saturated heterocycles. The number of nitrogens with one attached hydrogen (secondary N) is 1. The number of nitriles is 1. The maximum absolute atomic E-state index is 12.1. The van der Waals surface area contributed by atoms with Crippen molar-refractivity contribution in [1.82, 2.24) is 10.2 Å². The van der Waals surface area contributed by atoms with Gasteiger partial charge in [-0.15, -0.1) is 0 Å². The molecule has 7 nitrogen and oxygen atoms in total. The van der Waals surface area contributed by atoms with Gasteiger partial charge in [0.2, 0.25) is 0 Å². The summed E-state index contributed by atoms with van der Waals surface area (Å²) in [5, 5.41) is 11.8. The standard InChI is InChI=1S/C19H23N3O4/c1-4-24-18-10-14(11-20)7-8-17(18)26-13-19(23)21-12-15(22(2)3)16-6-5-9-25-16/h5-10,15H,4,12-13H2,1-3H3,(H,21,23). The van der Waals surface area contributed by atoms with E-state index in [1.54, 1.807) is 24.5 Å². The third-order valence-corrected chi connectivity index (χ3v) is 3.72. The summed E-state index contributed by atoms with van der Waals surface area (Å²) >= 11 is 0. The predicted octanol–water partition coefficient (Wildman–Crippen LogP) is 2.35. The van der Waals surface area contributed by atoms with Crippen molar-refractivity contribution in [3.8, 4) is 17.6 Å². The number of nitrogens with zero attached hydrogens (tertiary/aromatic N) is 2. The van der Waals surface area contributed by atoms with Crippen molar-refractivity contribution in [3.63, 3.8) is 0 Å². The van der Waals surface area contributed by atoms with Gasteiger partial charge in [0.1, 0.15) is 5.76 Å². The van der Waals surface area contributed by atoms with Crippen molar-refractivity contribution in [2.75, 3.05) is 33.9 Å². The first kappa shape index (κ1) is 19.3. The molecule has 0 aliphatic heterocycles. The number of amides is 1. The van der Waals surface area contributed by atoms with Gasteiger partial charge in [0.15, 0.2) is 18.1 Å². The van der Waals surface area contributed by atoms with Crippen LogP contribution in [-0.2, 0) is 4.79 Å². The van der Waals surface area contributed by atoms with E-state index in [9.17, 15) is 4.79 Å². The van der Waals surface area contributed by atoms with Gasteiger partial charge < -0.3 is 19.2 Å². The monoisotopic (exact) mass is 357 g/mol. The van der Waals surface area contributed by atoms with E-state index in [1.165, 1.54) is 0 Å². The molecule has 1 aromatic carbocycles. The van der Waals surface area contributed by atoms with Gasteiger partial charge in [0.05, 0.1) is 30.5 Å². The van der Waals surface area contributed by atoms with Crippen LogP contribution in [0.25, 0.3) is 0 Å². The van der Waals surface area contributed by atoms with Crippen LogP contribution in [-0.4, -0.2) is 44.7 Å². The summed E-state index contributed by atoms with van der Waals surface area (Å²) in [4.78, 5) is 14.1. The van der Waals surface area contributed by atoms with E-state index < -0.39 is 0 Å². The van der Waals surface area contributed by atoms with Crippen LogP contribution in [0.15, 0.2) is 41.0 Å². The molecule has 138 valence electrons. The molecule has 0 aliphatic carbocycles. The van der Waals surface area contributed by atoms with Crippen molar-refractivity contribution in [2.24, 2.45) is 0 Å². The lowest BCUT2D eigenvalue weighted by Crippen LogP contribution is -2.36. The Hall–Kier alpha value is -2.98. The molecule has 0 spiro atoms. The molecule has 2 aromatic rings. The molecule has 26 heavy (non-hydrogen) atoms. The molecule has 0 radical (unpaired) electrons. The van der Waals surface area contributed by atoms with Gasteiger partial charge in [-0.1, -0.05) is 0 Å². The molecule has 7 heteroatoms. The Morgan fingerprint density at radius 2 is 2.12 bits per heavy atom. The summed E-state index contributed by atoms with van der Waals surface area (Å²) in [5.74, 6) is 1.40. The first-order valence-corrected chi connectivity index (χ1v) is 8.31. The normalized spacial score (nSPS) is 11.7. The number of benzene rings is 1. The molecule has 2 rings (SSSR count). The Labute approximate surface area is 153 Å². The molecular formula is C19H23N3O4. The summed E-state index contributed by atoms with van der Waals surface area (Å²) in [7, 11) is 3.84. The molecule has 1 amide bonds. The van der Waals surface area contributed by atoms with Crippen LogP contribution in [0.3, 0.4) is 0 Å². The summed E-state index contributed by atoms with van der Waals surface area (Å²) in [6.45, 7) is 2.52. The number of hydrogen-bond donors (Lipinski definition) is 1. The number of ether oxygens (including phenoxy) is 2. The average Bonchev–Trinajstić information content (AvgIpc) is 3.15. The highest BCUT2D eigenvalue weighted by molar-refractivity contribution is 5.77. The van der Waals surface area contributed by atoms with Crippen LogP contribution in [0.5, 0.6) is 11.5 Å². The second-order valence-electron chi connectivity index (χ2n) is 5.79. The largest absolute Gasteiger partial charge is 0.490 e. The Morgan fingerprint density at radius 1 is 1.31 bits per heavy atom. The van der Waals surface area contributed by atoms with Crippen molar-refractivity contribution in [3.05, 3.63) is 47.9 Å². The maximum atomic E-state index is 12.1. The zero-order chi connectivity index (χ0) is 18.9. The third-order valence-electron chi connectivity index (χ3n) is 3.72. The zero-order valence-electron chi connectivity index (χ0n) is 15.2. The van der Waals surface area contributed by atoms with E-state index in [4.69, 9.17) is 19.2 Å². The van der Waals surface area contributed by atoms with E-state index in [2.05, 4.69) is 5.32 Å². The minimum absolute atomic E-state index is 0.0668. The fourth-order valence-electron chi connectivity index (χ4n) is 2.39. The van der Waals surface area contributed by atoms with Gasteiger partial charge in [-0.05, 0) is 45.3 Å². The lowest BCUT2D eigenvalue weighted by Gasteiger charge is -2.22. The van der Waals surface area contributed by atoms with Crippen LogP contribution in [0.4, 0.5) is 0 Å². The number of furan rings is 1. The number of carbonyl (C=O) groups is 1. The predicted molar refractivity (Wildman–Crippen MR) is 96.0 cm³/mol. The molecule has 0 saturated carbocycles. The van der Waals surface area contributed by atoms with Gasteiger partial charge in [-0.3, -0.25) is 9.69 Å². The Bertz CT molecular complexity index is 751. The van der Waals surface area contributed by atoms with Crippen LogP contribution >= 0.6 is 0 Å². The summed E-state index contributed by atoms with van der Waals surface area (Å²) in [6.07, 6.45) is 1.61. The van der Waals surface area contributed by atoms with E-state index in [1.807, 2.05) is 44.1 Å². The highest BCUT2D eigenvalue weighted by Gasteiger charge is 2.18. The van der Waals surface area contributed by atoms with Crippen molar-refractivity contribution >= 4 is 5.91 Å². The van der Waals surface area contributed by atoms with Crippen LogP contribution in [0.1, 0.15) is 24.3 Å². The smallest absolute Gasteiger partial charge is 0.258 e. The SMILES string of the molecule is CCOc1cc(C#N)ccc1OCC(=O)NCC(c1ccco1)N(C)C. The van der Waals surface area contributed by atoms with Gasteiger partial charge >= 0.3 is 0 Å². The van der Waals surface area contributed by atoms with Gasteiger partial charge in [0, 0.05) is 12.6 Å². The Balaban J connectivity index is 1.91. The van der Waals surface area contributed by atoms with Crippen LogP contribution in [0, 0.1) is 11.3 Å². The van der Waals surface area contributed by atoms with Crippen LogP contribution in [0.2, 0.25) is 0 Å². The van der Waals surface area contributed by atoms with E-state index >= 15 is 0 Å². The summed E-state index contributed by atoms with van der Waals surface area (Å²) in [6, 6.07) is 10.5. The quantitative estimate of drug-likeness (QED) is 0.741. The number of carbonyl (C=O) groups excluding carboxylic acids is 1. The zero-order valence-corrected chi connectivity index (χ0v) is 15.2. The Kier molecular flexibility index (Phi) is 7.06. The van der Waals surface area contributed by atoms with Gasteiger partial charge in [-0.2, -0.15) is 5.26 Å². The lowest BCUT2D eigenvalue weighted by atomic mass is 10.2. The molecule has 0 fully saturated rings. The number of rotatable bonds is 9. The summed E-state index contributed by atoms with van der Waals surface area (Å²) in [5.41, 5.74) is 0.470. The first-order valence-electron chi connectivity index (χ1n) is 8.31. The molecule has 0 bridgehead atoms. The second-order valence-corrected chi connectivity index (χ2v) is 5.79.